The largest absolute Gasteiger partial charge is 0.355 e. The van der Waals surface area contributed by atoms with Crippen LogP contribution in [0.5, 0.6) is 0 Å². The first-order chi connectivity index (χ1) is 16.4. The lowest BCUT2D eigenvalue weighted by Gasteiger charge is -2.13. The summed E-state index contributed by atoms with van der Waals surface area (Å²) in [6, 6.07) is 24.8. The van der Waals surface area contributed by atoms with E-state index in [2.05, 4.69) is 37.3 Å². The summed E-state index contributed by atoms with van der Waals surface area (Å²) in [6.45, 7) is 0. The Balaban J connectivity index is 1.44. The van der Waals surface area contributed by atoms with Crippen LogP contribution in [0.1, 0.15) is 15.9 Å². The Labute approximate surface area is 210 Å². The molecule has 34 heavy (non-hydrogen) atoms. The average molecular weight is 579 g/mol. The number of hydrogen-bond donors (Lipinski definition) is 2. The van der Waals surface area contributed by atoms with Crippen molar-refractivity contribution in [1.82, 2.24) is 9.97 Å². The van der Waals surface area contributed by atoms with E-state index in [0.29, 0.717) is 5.56 Å². The van der Waals surface area contributed by atoms with Crippen LogP contribution in [-0.4, -0.2) is 24.2 Å². The van der Waals surface area contributed by atoms with Gasteiger partial charge in [0.05, 0.1) is 10.6 Å². The van der Waals surface area contributed by atoms with Gasteiger partial charge in [0.2, 0.25) is 0 Å². The molecule has 168 valence electrons. The summed E-state index contributed by atoms with van der Waals surface area (Å²) in [5.41, 5.74) is 3.72. The van der Waals surface area contributed by atoms with Crippen LogP contribution in [0.15, 0.2) is 102 Å². The maximum absolute atomic E-state index is 13.1. The van der Waals surface area contributed by atoms with Gasteiger partial charge in [0.15, 0.2) is 5.78 Å². The number of ketones is 1. The van der Waals surface area contributed by atoms with Gasteiger partial charge in [-0.25, -0.2) is 8.42 Å². The van der Waals surface area contributed by atoms with Crippen LogP contribution < -0.4 is 4.72 Å². The highest BCUT2D eigenvalue weighted by molar-refractivity contribution is 14.1. The number of carbonyl (C=O) groups excluding carboxylic acids is 1. The third kappa shape index (κ3) is 4.46. The van der Waals surface area contributed by atoms with E-state index in [1.807, 2.05) is 30.3 Å². The van der Waals surface area contributed by atoms with E-state index in [4.69, 9.17) is 0 Å². The standard InChI is InChI=1S/C26H18IN3O3S/c27-20-7-10-24(22(16-20)26(31)18-11-13-28-14-12-18)30-34(32,33)21-8-5-17(6-9-21)25-15-19-3-1-2-4-23(19)29-25/h1-16,29-30H. The third-order valence-corrected chi connectivity index (χ3v) is 7.47. The molecular weight excluding hydrogens is 561 g/mol. The average Bonchev–Trinajstić information content (AvgIpc) is 3.30. The van der Waals surface area contributed by atoms with Crippen LogP contribution >= 0.6 is 22.6 Å². The highest BCUT2D eigenvalue weighted by Crippen LogP contribution is 2.28. The number of H-pyrrole nitrogens is 1. The number of benzene rings is 3. The van der Waals surface area contributed by atoms with Gasteiger partial charge in [0.25, 0.3) is 10.0 Å². The first-order valence-corrected chi connectivity index (χ1v) is 12.9. The molecular formula is C26H18IN3O3S. The fourth-order valence-corrected chi connectivity index (χ4v) is 5.27. The zero-order valence-electron chi connectivity index (χ0n) is 17.7. The van der Waals surface area contributed by atoms with Crippen LogP contribution in [0, 0.1) is 3.57 Å². The third-order valence-electron chi connectivity index (χ3n) is 5.42. The number of nitrogens with one attached hydrogen (secondary N) is 2. The molecule has 2 aromatic heterocycles. The number of pyridine rings is 1. The van der Waals surface area contributed by atoms with Gasteiger partial charge in [0.1, 0.15) is 0 Å². The molecule has 0 amide bonds. The van der Waals surface area contributed by atoms with E-state index >= 15 is 0 Å². The molecule has 0 aliphatic rings. The van der Waals surface area contributed by atoms with Gasteiger partial charge in [0, 0.05) is 43.7 Å². The molecule has 2 N–H and O–H groups in total. The van der Waals surface area contributed by atoms with Crippen LogP contribution in [0.2, 0.25) is 0 Å². The van der Waals surface area contributed by atoms with Crippen LogP contribution in [0.4, 0.5) is 5.69 Å². The molecule has 0 unspecified atom stereocenters. The van der Waals surface area contributed by atoms with Gasteiger partial charge in [-0.3, -0.25) is 14.5 Å². The van der Waals surface area contributed by atoms with Gasteiger partial charge in [-0.15, -0.1) is 0 Å². The van der Waals surface area contributed by atoms with Crippen LogP contribution in [-0.2, 0) is 10.0 Å². The molecule has 6 nitrogen and oxygen atoms in total. The number of rotatable bonds is 6. The summed E-state index contributed by atoms with van der Waals surface area (Å²) in [7, 11) is -3.92. The number of aromatic amines is 1. The van der Waals surface area contributed by atoms with Gasteiger partial charge in [-0.05, 0) is 82.8 Å². The zero-order valence-corrected chi connectivity index (χ0v) is 20.7. The summed E-state index contributed by atoms with van der Waals surface area (Å²) in [5, 5.41) is 1.08. The fraction of sp³-hybridized carbons (Fsp3) is 0. The normalized spacial score (nSPS) is 11.4. The van der Waals surface area contributed by atoms with E-state index in [1.165, 1.54) is 12.4 Å². The molecule has 2 heterocycles. The molecule has 0 bridgehead atoms. The van der Waals surface area contributed by atoms with Crippen molar-refractivity contribution in [3.63, 3.8) is 0 Å². The van der Waals surface area contributed by atoms with Crippen molar-refractivity contribution in [2.24, 2.45) is 0 Å². The second kappa shape index (κ2) is 9.03. The van der Waals surface area contributed by atoms with Crippen molar-refractivity contribution in [2.75, 3.05) is 4.72 Å². The molecule has 0 radical (unpaired) electrons. The lowest BCUT2D eigenvalue weighted by Crippen LogP contribution is -2.16. The lowest BCUT2D eigenvalue weighted by molar-refractivity contribution is 0.103. The number of para-hydroxylation sites is 1. The van der Waals surface area contributed by atoms with Crippen molar-refractivity contribution in [3.8, 4) is 11.3 Å². The minimum Gasteiger partial charge on any atom is -0.355 e. The Bertz CT molecular complexity index is 1580. The van der Waals surface area contributed by atoms with E-state index in [0.717, 1.165) is 25.7 Å². The highest BCUT2D eigenvalue weighted by Gasteiger charge is 2.20. The van der Waals surface area contributed by atoms with Crippen molar-refractivity contribution in [1.29, 1.82) is 0 Å². The Kier molecular flexibility index (Phi) is 5.93. The van der Waals surface area contributed by atoms with Gasteiger partial charge in [-0.1, -0.05) is 30.3 Å². The molecule has 3 aromatic carbocycles. The molecule has 0 fully saturated rings. The number of halogens is 1. The van der Waals surface area contributed by atoms with E-state index in [1.54, 1.807) is 54.6 Å². The fourth-order valence-electron chi connectivity index (χ4n) is 3.70. The van der Waals surface area contributed by atoms with Crippen molar-refractivity contribution >= 4 is 55.0 Å². The second-order valence-corrected chi connectivity index (χ2v) is 10.6. The Morgan fingerprint density at radius 3 is 2.35 bits per heavy atom. The molecule has 0 spiro atoms. The van der Waals surface area contributed by atoms with Crippen molar-refractivity contribution in [3.05, 3.63) is 112 Å². The van der Waals surface area contributed by atoms with Crippen molar-refractivity contribution in [2.45, 2.75) is 4.90 Å². The summed E-state index contributed by atoms with van der Waals surface area (Å²) in [4.78, 5) is 20.4. The maximum Gasteiger partial charge on any atom is 0.261 e. The first-order valence-electron chi connectivity index (χ1n) is 10.4. The monoisotopic (exact) mass is 579 g/mol. The Morgan fingerprint density at radius 1 is 0.882 bits per heavy atom. The highest BCUT2D eigenvalue weighted by atomic mass is 127. The van der Waals surface area contributed by atoms with Gasteiger partial charge >= 0.3 is 0 Å². The van der Waals surface area contributed by atoms with E-state index in [-0.39, 0.29) is 21.9 Å². The predicted octanol–water partition coefficient (Wildman–Crippen LogP) is 5.87. The molecule has 0 atom stereocenters. The van der Waals surface area contributed by atoms with E-state index in [9.17, 15) is 13.2 Å². The van der Waals surface area contributed by atoms with E-state index < -0.39 is 10.0 Å². The number of anilines is 1. The molecule has 0 aliphatic heterocycles. The Morgan fingerprint density at radius 2 is 1.62 bits per heavy atom. The van der Waals surface area contributed by atoms with Crippen LogP contribution in [0.3, 0.4) is 0 Å². The molecule has 8 heteroatoms. The van der Waals surface area contributed by atoms with Gasteiger partial charge in [-0.2, -0.15) is 0 Å². The molecule has 0 saturated carbocycles. The number of sulfonamides is 1. The number of fused-ring (bicyclic) bond motifs is 1. The van der Waals surface area contributed by atoms with Crippen molar-refractivity contribution < 1.29 is 13.2 Å². The molecule has 5 rings (SSSR count). The molecule has 0 aliphatic carbocycles. The second-order valence-electron chi connectivity index (χ2n) is 7.66. The summed E-state index contributed by atoms with van der Waals surface area (Å²) < 4.78 is 29.7. The predicted molar refractivity (Wildman–Crippen MR) is 141 cm³/mol. The summed E-state index contributed by atoms with van der Waals surface area (Å²) >= 11 is 2.09. The minimum absolute atomic E-state index is 0.105. The lowest BCUT2D eigenvalue weighted by atomic mass is 10.0. The zero-order chi connectivity index (χ0) is 23.7. The minimum atomic E-state index is -3.92. The topological polar surface area (TPSA) is 91.9 Å². The SMILES string of the molecule is O=C(c1ccncc1)c1cc(I)ccc1NS(=O)(=O)c1ccc(-c2cc3ccccc3[nH]2)cc1. The van der Waals surface area contributed by atoms with Crippen LogP contribution in [0.25, 0.3) is 22.2 Å². The Hall–Kier alpha value is -3.50. The maximum atomic E-state index is 13.1. The molecule has 0 saturated heterocycles. The number of aromatic nitrogens is 2. The quantitative estimate of drug-likeness (QED) is 0.195. The summed E-state index contributed by atoms with van der Waals surface area (Å²) in [5.74, 6) is -0.284. The van der Waals surface area contributed by atoms with Gasteiger partial charge < -0.3 is 4.98 Å². The number of carbonyl (C=O) groups is 1. The summed E-state index contributed by atoms with van der Waals surface area (Å²) in [6.07, 6.45) is 3.05. The molecule has 5 aromatic rings. The smallest absolute Gasteiger partial charge is 0.261 e. The number of hydrogen-bond acceptors (Lipinski definition) is 4. The first kappa shape index (κ1) is 22.3. The number of nitrogens with zero attached hydrogens (tertiary/aromatic N) is 1.